The zero-order chi connectivity index (χ0) is 10.3. The molecule has 1 fully saturated rings. The molecule has 1 N–H and O–H groups in total. The van der Waals surface area contributed by atoms with E-state index >= 15 is 0 Å². The van der Waals surface area contributed by atoms with Crippen molar-refractivity contribution >= 4 is 0 Å². The van der Waals surface area contributed by atoms with Gasteiger partial charge in [-0.1, -0.05) is 0 Å². The van der Waals surface area contributed by atoms with Gasteiger partial charge in [0.05, 0.1) is 12.1 Å². The van der Waals surface area contributed by atoms with Gasteiger partial charge in [-0.15, -0.1) is 10.2 Å². The molecule has 5 nitrogen and oxygen atoms in total. The summed E-state index contributed by atoms with van der Waals surface area (Å²) in [6.45, 7) is 2.00. The van der Waals surface area contributed by atoms with Crippen LogP contribution in [0.15, 0.2) is 0 Å². The predicted molar refractivity (Wildman–Crippen MR) is 54.5 cm³/mol. The Morgan fingerprint density at radius 3 is 3.20 bits per heavy atom. The van der Waals surface area contributed by atoms with Crippen molar-refractivity contribution in [1.82, 2.24) is 20.1 Å². The Morgan fingerprint density at radius 2 is 2.40 bits per heavy atom. The molecule has 15 heavy (non-hydrogen) atoms. The summed E-state index contributed by atoms with van der Waals surface area (Å²) in [6.07, 6.45) is 3.62. The van der Waals surface area contributed by atoms with Gasteiger partial charge in [0, 0.05) is 26.6 Å². The van der Waals surface area contributed by atoms with Gasteiger partial charge >= 0.3 is 0 Å². The van der Waals surface area contributed by atoms with Crippen LogP contribution in [0, 0.1) is 0 Å². The number of aromatic nitrogens is 3. The lowest BCUT2D eigenvalue weighted by Crippen LogP contribution is -2.18. The van der Waals surface area contributed by atoms with Crippen molar-refractivity contribution in [2.24, 2.45) is 0 Å². The largest absolute Gasteiger partial charge is 0.380 e. The van der Waals surface area contributed by atoms with Gasteiger partial charge in [0.2, 0.25) is 0 Å². The first-order chi connectivity index (χ1) is 7.38. The molecule has 2 aliphatic rings. The molecule has 1 saturated heterocycles. The summed E-state index contributed by atoms with van der Waals surface area (Å²) >= 11 is 0. The second-order valence-corrected chi connectivity index (χ2v) is 4.28. The lowest BCUT2D eigenvalue weighted by atomic mass is 10.2. The van der Waals surface area contributed by atoms with Gasteiger partial charge in [-0.25, -0.2) is 0 Å². The Balaban J connectivity index is 1.82. The highest BCUT2D eigenvalue weighted by molar-refractivity contribution is 5.07. The van der Waals surface area contributed by atoms with Crippen LogP contribution in [0.4, 0.5) is 0 Å². The van der Waals surface area contributed by atoms with Crippen LogP contribution in [0.5, 0.6) is 0 Å². The van der Waals surface area contributed by atoms with Crippen molar-refractivity contribution < 1.29 is 4.74 Å². The molecule has 0 bridgehead atoms. The third kappa shape index (κ3) is 1.46. The Kier molecular flexibility index (Phi) is 2.21. The van der Waals surface area contributed by atoms with E-state index in [1.54, 1.807) is 7.11 Å². The van der Waals surface area contributed by atoms with Gasteiger partial charge in [-0.05, 0) is 12.8 Å². The summed E-state index contributed by atoms with van der Waals surface area (Å²) in [5, 5.41) is 11.9. The summed E-state index contributed by atoms with van der Waals surface area (Å²) in [7, 11) is 1.77. The molecule has 0 aliphatic carbocycles. The van der Waals surface area contributed by atoms with E-state index in [0.29, 0.717) is 12.1 Å². The van der Waals surface area contributed by atoms with Crippen molar-refractivity contribution in [2.45, 2.75) is 38.0 Å². The number of methoxy groups -OCH3 is 1. The van der Waals surface area contributed by atoms with Gasteiger partial charge in [-0.2, -0.15) is 0 Å². The minimum absolute atomic E-state index is 0.323. The van der Waals surface area contributed by atoms with Crippen molar-refractivity contribution in [3.05, 3.63) is 11.6 Å². The van der Waals surface area contributed by atoms with Crippen molar-refractivity contribution in [3.8, 4) is 0 Å². The average Bonchev–Trinajstić information content (AvgIpc) is 2.92. The van der Waals surface area contributed by atoms with E-state index in [-0.39, 0.29) is 0 Å². The topological polar surface area (TPSA) is 52.0 Å². The summed E-state index contributed by atoms with van der Waals surface area (Å²) in [5.74, 6) is 2.25. The third-order valence-electron chi connectivity index (χ3n) is 3.37. The monoisotopic (exact) mass is 208 g/mol. The summed E-state index contributed by atoms with van der Waals surface area (Å²) in [6, 6.07) is 0.328. The van der Waals surface area contributed by atoms with Crippen LogP contribution in [-0.4, -0.2) is 34.5 Å². The zero-order valence-corrected chi connectivity index (χ0v) is 8.94. The molecule has 1 aromatic rings. The van der Waals surface area contributed by atoms with E-state index < -0.39 is 0 Å². The first kappa shape index (κ1) is 9.30. The maximum absolute atomic E-state index is 5.34. The lowest BCUT2D eigenvalue weighted by molar-refractivity contribution is 0.117. The lowest BCUT2D eigenvalue weighted by Gasteiger charge is -2.10. The van der Waals surface area contributed by atoms with Gasteiger partial charge in [0.1, 0.15) is 11.6 Å². The van der Waals surface area contributed by atoms with Gasteiger partial charge in [0.25, 0.3) is 0 Å². The fraction of sp³-hybridized carbons (Fsp3) is 0.800. The number of hydrogen-bond acceptors (Lipinski definition) is 4. The molecule has 82 valence electrons. The molecule has 3 rings (SSSR count). The standard InChI is InChI=1S/C10H16N4O/c1-15-7-5-8(11-6-7)10-13-12-9-3-2-4-14(9)10/h7-8,11H,2-6H2,1H3/t7-,8+/m1/s1. The molecule has 0 radical (unpaired) electrons. The molecular weight excluding hydrogens is 192 g/mol. The maximum Gasteiger partial charge on any atom is 0.150 e. The van der Waals surface area contributed by atoms with Crippen LogP contribution in [-0.2, 0) is 17.7 Å². The average molecular weight is 208 g/mol. The van der Waals surface area contributed by atoms with Crippen LogP contribution in [0.1, 0.15) is 30.5 Å². The number of aryl methyl sites for hydroxylation is 1. The first-order valence-electron chi connectivity index (χ1n) is 5.56. The highest BCUT2D eigenvalue weighted by atomic mass is 16.5. The van der Waals surface area contributed by atoms with Crippen LogP contribution in [0.3, 0.4) is 0 Å². The number of hydrogen-bond donors (Lipinski definition) is 1. The van der Waals surface area contributed by atoms with Crippen LogP contribution < -0.4 is 5.32 Å². The zero-order valence-electron chi connectivity index (χ0n) is 8.94. The molecule has 0 amide bonds. The smallest absolute Gasteiger partial charge is 0.150 e. The molecule has 0 spiro atoms. The molecular formula is C10H16N4O. The van der Waals surface area contributed by atoms with E-state index in [9.17, 15) is 0 Å². The Hall–Kier alpha value is -0.940. The van der Waals surface area contributed by atoms with E-state index in [4.69, 9.17) is 4.74 Å². The Bertz CT molecular complexity index is 362. The first-order valence-corrected chi connectivity index (χ1v) is 5.56. The number of ether oxygens (including phenoxy) is 1. The summed E-state index contributed by atoms with van der Waals surface area (Å²) in [4.78, 5) is 0. The van der Waals surface area contributed by atoms with Crippen LogP contribution in [0.2, 0.25) is 0 Å². The van der Waals surface area contributed by atoms with Gasteiger partial charge in [0.15, 0.2) is 0 Å². The molecule has 1 aromatic heterocycles. The second kappa shape index (κ2) is 3.57. The van der Waals surface area contributed by atoms with E-state index in [2.05, 4.69) is 20.1 Å². The Morgan fingerprint density at radius 1 is 1.47 bits per heavy atom. The molecule has 0 saturated carbocycles. The number of rotatable bonds is 2. The minimum Gasteiger partial charge on any atom is -0.380 e. The van der Waals surface area contributed by atoms with E-state index in [0.717, 1.165) is 37.6 Å². The van der Waals surface area contributed by atoms with E-state index in [1.165, 1.54) is 6.42 Å². The highest BCUT2D eigenvalue weighted by Crippen LogP contribution is 2.26. The van der Waals surface area contributed by atoms with Crippen LogP contribution in [0.25, 0.3) is 0 Å². The maximum atomic E-state index is 5.34. The molecule has 2 atom stereocenters. The molecule has 2 aliphatic heterocycles. The fourth-order valence-corrected chi connectivity index (χ4v) is 2.51. The Labute approximate surface area is 88.8 Å². The normalized spacial score (nSPS) is 29.7. The SMILES string of the molecule is CO[C@H]1CN[C@H](c2nnc3n2CCC3)C1. The third-order valence-corrected chi connectivity index (χ3v) is 3.37. The molecule has 5 heteroatoms. The second-order valence-electron chi connectivity index (χ2n) is 4.28. The van der Waals surface area contributed by atoms with Crippen molar-refractivity contribution in [1.29, 1.82) is 0 Å². The molecule has 3 heterocycles. The van der Waals surface area contributed by atoms with Crippen LogP contribution >= 0.6 is 0 Å². The minimum atomic E-state index is 0.323. The van der Waals surface area contributed by atoms with Crippen molar-refractivity contribution in [3.63, 3.8) is 0 Å². The van der Waals surface area contributed by atoms with Crippen molar-refractivity contribution in [2.75, 3.05) is 13.7 Å². The summed E-state index contributed by atoms with van der Waals surface area (Å²) in [5.41, 5.74) is 0. The van der Waals surface area contributed by atoms with Gasteiger partial charge < -0.3 is 14.6 Å². The fourth-order valence-electron chi connectivity index (χ4n) is 2.51. The molecule has 0 unspecified atom stereocenters. The number of nitrogens with zero attached hydrogens (tertiary/aromatic N) is 3. The number of fused-ring (bicyclic) bond motifs is 1. The van der Waals surface area contributed by atoms with E-state index in [1.807, 2.05) is 0 Å². The highest BCUT2D eigenvalue weighted by Gasteiger charge is 2.30. The van der Waals surface area contributed by atoms with Gasteiger partial charge in [-0.3, -0.25) is 0 Å². The molecule has 0 aromatic carbocycles. The predicted octanol–water partition coefficient (Wildman–Crippen LogP) is 0.274. The quantitative estimate of drug-likeness (QED) is 0.758. The summed E-state index contributed by atoms with van der Waals surface area (Å²) < 4.78 is 7.60. The number of nitrogens with one attached hydrogen (secondary N) is 1.